The third-order valence-electron chi connectivity index (χ3n) is 5.49. The Bertz CT molecular complexity index is 890. The summed E-state index contributed by atoms with van der Waals surface area (Å²) in [6.45, 7) is 6.53. The maximum absolute atomic E-state index is 12.8. The van der Waals surface area contributed by atoms with Crippen LogP contribution in [0.4, 0.5) is 0 Å². The first kappa shape index (κ1) is 19.5. The smallest absolute Gasteiger partial charge is 0.466 e. The summed E-state index contributed by atoms with van der Waals surface area (Å²) in [6.07, 6.45) is 2.53. The van der Waals surface area contributed by atoms with Gasteiger partial charge in [0.15, 0.2) is 0 Å². The van der Waals surface area contributed by atoms with Crippen molar-refractivity contribution in [3.8, 4) is 11.5 Å². The summed E-state index contributed by atoms with van der Waals surface area (Å²) in [7, 11) is -3.69. The van der Waals surface area contributed by atoms with Gasteiger partial charge in [-0.1, -0.05) is 57.2 Å². The SMILES string of the molecule is CC(C)c1cccc(C(C)C2CC2)c1OCOP1(=O)OCc2ccccc2O1. The summed E-state index contributed by atoms with van der Waals surface area (Å²) in [5, 5.41) is 0. The van der Waals surface area contributed by atoms with Gasteiger partial charge in [0.1, 0.15) is 11.5 Å². The van der Waals surface area contributed by atoms with Crippen molar-refractivity contribution in [3.63, 3.8) is 0 Å². The molecule has 0 spiro atoms. The molecule has 1 heterocycles. The van der Waals surface area contributed by atoms with E-state index in [4.69, 9.17) is 18.3 Å². The van der Waals surface area contributed by atoms with Crippen molar-refractivity contribution in [2.45, 2.75) is 52.1 Å². The largest absolute Gasteiger partial charge is 0.533 e. The topological polar surface area (TPSA) is 54.0 Å². The maximum atomic E-state index is 12.8. The van der Waals surface area contributed by atoms with Crippen LogP contribution in [0.25, 0.3) is 0 Å². The van der Waals surface area contributed by atoms with Crippen LogP contribution in [0.5, 0.6) is 11.5 Å². The van der Waals surface area contributed by atoms with Gasteiger partial charge >= 0.3 is 7.82 Å². The van der Waals surface area contributed by atoms with E-state index in [9.17, 15) is 4.57 Å². The molecule has 2 aromatic rings. The average Bonchev–Trinajstić information content (AvgIpc) is 3.52. The van der Waals surface area contributed by atoms with Crippen LogP contribution >= 0.6 is 7.82 Å². The number of phosphoric ester groups is 1. The first-order chi connectivity index (χ1) is 13.5. The fourth-order valence-electron chi connectivity index (χ4n) is 3.62. The highest BCUT2D eigenvalue weighted by Gasteiger charge is 2.35. The number of hydrogen-bond acceptors (Lipinski definition) is 5. The van der Waals surface area contributed by atoms with E-state index in [2.05, 4.69) is 39.0 Å². The molecule has 6 heteroatoms. The lowest BCUT2D eigenvalue weighted by Gasteiger charge is -2.25. The minimum atomic E-state index is -3.69. The molecule has 1 aliphatic heterocycles. The second-order valence-corrected chi connectivity index (χ2v) is 9.45. The first-order valence-electron chi connectivity index (χ1n) is 9.89. The summed E-state index contributed by atoms with van der Waals surface area (Å²) in [4.78, 5) is 0. The molecule has 4 rings (SSSR count). The highest BCUT2D eigenvalue weighted by atomic mass is 31.2. The Morgan fingerprint density at radius 1 is 1.07 bits per heavy atom. The fraction of sp³-hybridized carbons (Fsp3) is 0.455. The van der Waals surface area contributed by atoms with Gasteiger partial charge in [-0.3, -0.25) is 4.52 Å². The van der Waals surface area contributed by atoms with Gasteiger partial charge in [0.25, 0.3) is 0 Å². The van der Waals surface area contributed by atoms with Gasteiger partial charge < -0.3 is 9.26 Å². The molecule has 2 atom stereocenters. The molecule has 0 amide bonds. The Morgan fingerprint density at radius 3 is 2.57 bits per heavy atom. The van der Waals surface area contributed by atoms with Crippen molar-refractivity contribution in [1.29, 1.82) is 0 Å². The molecule has 2 aliphatic rings. The Labute approximate surface area is 166 Å². The number of para-hydroxylation sites is 2. The van der Waals surface area contributed by atoms with E-state index >= 15 is 0 Å². The molecule has 0 aromatic heterocycles. The molecule has 5 nitrogen and oxygen atoms in total. The third kappa shape index (κ3) is 4.12. The summed E-state index contributed by atoms with van der Waals surface area (Å²) in [5.74, 6) is 2.82. The maximum Gasteiger partial charge on any atom is 0.533 e. The Kier molecular flexibility index (Phi) is 5.50. The lowest BCUT2D eigenvalue weighted by Crippen LogP contribution is -2.13. The molecule has 0 saturated heterocycles. The molecule has 1 aliphatic carbocycles. The predicted molar refractivity (Wildman–Crippen MR) is 108 cm³/mol. The van der Waals surface area contributed by atoms with E-state index in [1.807, 2.05) is 18.2 Å². The Morgan fingerprint density at radius 2 is 1.82 bits per heavy atom. The van der Waals surface area contributed by atoms with Crippen LogP contribution in [0.2, 0.25) is 0 Å². The van der Waals surface area contributed by atoms with Gasteiger partial charge in [-0.25, -0.2) is 9.09 Å². The zero-order valence-corrected chi connectivity index (χ0v) is 17.5. The molecule has 150 valence electrons. The van der Waals surface area contributed by atoms with Gasteiger partial charge in [-0.2, -0.15) is 0 Å². The Hall–Kier alpha value is -1.81. The van der Waals surface area contributed by atoms with Crippen LogP contribution in [-0.4, -0.2) is 6.79 Å². The van der Waals surface area contributed by atoms with Crippen molar-refractivity contribution in [1.82, 2.24) is 0 Å². The van der Waals surface area contributed by atoms with E-state index in [-0.39, 0.29) is 13.4 Å². The molecular weight excluding hydrogens is 375 g/mol. The van der Waals surface area contributed by atoms with E-state index in [1.165, 1.54) is 18.4 Å². The van der Waals surface area contributed by atoms with Crippen molar-refractivity contribution in [2.24, 2.45) is 5.92 Å². The number of rotatable bonds is 7. The van der Waals surface area contributed by atoms with Gasteiger partial charge in [0, 0.05) is 5.56 Å². The van der Waals surface area contributed by atoms with E-state index in [0.717, 1.165) is 16.9 Å². The summed E-state index contributed by atoms with van der Waals surface area (Å²) in [5.41, 5.74) is 3.17. The monoisotopic (exact) mass is 402 g/mol. The summed E-state index contributed by atoms with van der Waals surface area (Å²) in [6, 6.07) is 13.6. The lowest BCUT2D eigenvalue weighted by molar-refractivity contribution is 0.0599. The second-order valence-electron chi connectivity index (χ2n) is 7.86. The number of ether oxygens (including phenoxy) is 1. The van der Waals surface area contributed by atoms with E-state index in [1.54, 1.807) is 6.07 Å². The lowest BCUT2D eigenvalue weighted by atomic mass is 9.90. The highest BCUT2D eigenvalue weighted by molar-refractivity contribution is 7.49. The van der Waals surface area contributed by atoms with Crippen LogP contribution in [0.15, 0.2) is 42.5 Å². The van der Waals surface area contributed by atoms with Crippen LogP contribution < -0.4 is 9.26 Å². The van der Waals surface area contributed by atoms with Crippen molar-refractivity contribution in [3.05, 3.63) is 59.2 Å². The summed E-state index contributed by atoms with van der Waals surface area (Å²) < 4.78 is 35.1. The van der Waals surface area contributed by atoms with Gasteiger partial charge in [-0.15, -0.1) is 0 Å². The van der Waals surface area contributed by atoms with Gasteiger partial charge in [0.2, 0.25) is 6.79 Å². The number of phosphoric acid groups is 1. The van der Waals surface area contributed by atoms with Gasteiger partial charge in [-0.05, 0) is 47.8 Å². The average molecular weight is 402 g/mol. The molecular formula is C22H27O5P. The number of hydrogen-bond donors (Lipinski definition) is 0. The predicted octanol–water partition coefficient (Wildman–Crippen LogP) is 6.39. The van der Waals surface area contributed by atoms with Crippen molar-refractivity contribution < 1.29 is 22.9 Å². The standard InChI is InChI=1S/C22H27O5P/c1-15(2)19-8-6-9-20(16(3)17-11-12-17)22(19)24-14-26-28(23)25-13-18-7-4-5-10-21(18)27-28/h4-10,15-17H,11-14H2,1-3H3. The zero-order valence-electron chi connectivity index (χ0n) is 16.6. The second kappa shape index (κ2) is 7.90. The Balaban J connectivity index is 1.48. The van der Waals surface area contributed by atoms with Crippen LogP contribution in [0, 0.1) is 5.92 Å². The van der Waals surface area contributed by atoms with Crippen molar-refractivity contribution in [2.75, 3.05) is 6.79 Å². The fourth-order valence-corrected chi connectivity index (χ4v) is 4.70. The van der Waals surface area contributed by atoms with Crippen molar-refractivity contribution >= 4 is 7.82 Å². The minimum Gasteiger partial charge on any atom is -0.466 e. The molecule has 1 fully saturated rings. The normalized spacial score (nSPS) is 22.4. The molecule has 28 heavy (non-hydrogen) atoms. The first-order valence-corrected chi connectivity index (χ1v) is 11.3. The molecule has 2 aromatic carbocycles. The van der Waals surface area contributed by atoms with E-state index in [0.29, 0.717) is 23.5 Å². The van der Waals surface area contributed by atoms with Gasteiger partial charge in [0.05, 0.1) is 6.61 Å². The number of benzene rings is 2. The summed E-state index contributed by atoms with van der Waals surface area (Å²) >= 11 is 0. The van der Waals surface area contributed by atoms with Crippen LogP contribution in [-0.2, 0) is 20.2 Å². The molecule has 0 N–H and O–H groups in total. The van der Waals surface area contributed by atoms with Crippen LogP contribution in [0.3, 0.4) is 0 Å². The third-order valence-corrected chi connectivity index (χ3v) is 6.78. The zero-order chi connectivity index (χ0) is 19.7. The highest BCUT2D eigenvalue weighted by Crippen LogP contribution is 2.54. The molecule has 0 radical (unpaired) electrons. The molecule has 1 saturated carbocycles. The quantitative estimate of drug-likeness (QED) is 0.396. The van der Waals surface area contributed by atoms with E-state index < -0.39 is 7.82 Å². The molecule has 0 bridgehead atoms. The molecule has 2 unspecified atom stereocenters. The van der Waals surface area contributed by atoms with Crippen LogP contribution in [0.1, 0.15) is 62.1 Å². The minimum absolute atomic E-state index is 0.187. The number of fused-ring (bicyclic) bond motifs is 1.